The minimum Gasteiger partial charge on any atom is -0.291 e. The van der Waals surface area contributed by atoms with Gasteiger partial charge >= 0.3 is 5.69 Å². The first-order chi connectivity index (χ1) is 9.30. The minimum atomic E-state index is -0.156. The van der Waals surface area contributed by atoms with E-state index in [9.17, 15) is 4.79 Å². The highest BCUT2D eigenvalue weighted by molar-refractivity contribution is 5.80. The molecule has 0 atom stereocenters. The molecule has 0 amide bonds. The van der Waals surface area contributed by atoms with Gasteiger partial charge in [-0.2, -0.15) is 4.98 Å². The van der Waals surface area contributed by atoms with Gasteiger partial charge in [-0.05, 0) is 18.4 Å². The van der Waals surface area contributed by atoms with E-state index in [2.05, 4.69) is 39.6 Å². The Morgan fingerprint density at radius 1 is 1.15 bits per heavy atom. The van der Waals surface area contributed by atoms with Crippen LogP contribution >= 0.6 is 0 Å². The maximum absolute atomic E-state index is 12.0. The van der Waals surface area contributed by atoms with E-state index in [-0.39, 0.29) is 11.1 Å². The van der Waals surface area contributed by atoms with Gasteiger partial charge in [-0.15, -0.1) is 0 Å². The van der Waals surface area contributed by atoms with Crippen molar-refractivity contribution in [3.63, 3.8) is 0 Å². The lowest BCUT2D eigenvalue weighted by Crippen LogP contribution is -2.29. The Morgan fingerprint density at radius 2 is 1.70 bits per heavy atom. The summed E-state index contributed by atoms with van der Waals surface area (Å²) in [6, 6.07) is 7.93. The standard InChI is InChI=1S/C14H18N2O.C3H8/c1-10-11-7-5-6-8-12(11)16(13(17)15-10)9-14(2,3)4;1-3-2/h5-8H,9H2,1-4H3;3H2,1-2H3. The number of hydrogen-bond acceptors (Lipinski definition) is 2. The van der Waals surface area contributed by atoms with Crippen LogP contribution in [0.25, 0.3) is 10.9 Å². The average Bonchev–Trinajstić information content (AvgIpc) is 2.34. The Labute approximate surface area is 121 Å². The number of nitrogens with zero attached hydrogens (tertiary/aromatic N) is 2. The van der Waals surface area contributed by atoms with Crippen LogP contribution in [0.15, 0.2) is 29.1 Å². The predicted molar refractivity (Wildman–Crippen MR) is 86.2 cm³/mol. The Morgan fingerprint density at radius 3 is 2.25 bits per heavy atom. The summed E-state index contributed by atoms with van der Waals surface area (Å²) in [5.74, 6) is 0. The van der Waals surface area contributed by atoms with Gasteiger partial charge in [0.05, 0.1) is 11.2 Å². The number of rotatable bonds is 1. The zero-order valence-corrected chi connectivity index (χ0v) is 13.5. The van der Waals surface area contributed by atoms with Gasteiger partial charge in [0.15, 0.2) is 0 Å². The molecule has 0 radical (unpaired) electrons. The first-order valence-corrected chi connectivity index (χ1v) is 7.26. The first-order valence-electron chi connectivity index (χ1n) is 7.26. The molecule has 0 aliphatic carbocycles. The highest BCUT2D eigenvalue weighted by Gasteiger charge is 2.15. The van der Waals surface area contributed by atoms with Gasteiger partial charge in [0, 0.05) is 11.9 Å². The molecule has 0 aliphatic heterocycles. The molecular weight excluding hydrogens is 248 g/mol. The van der Waals surface area contributed by atoms with Crippen LogP contribution in [0.4, 0.5) is 0 Å². The maximum atomic E-state index is 12.0. The van der Waals surface area contributed by atoms with Gasteiger partial charge in [-0.25, -0.2) is 4.79 Å². The first kappa shape index (κ1) is 16.4. The van der Waals surface area contributed by atoms with Gasteiger partial charge in [0.25, 0.3) is 0 Å². The maximum Gasteiger partial charge on any atom is 0.348 e. The second-order valence-electron chi connectivity index (χ2n) is 6.35. The molecule has 3 heteroatoms. The van der Waals surface area contributed by atoms with Crippen molar-refractivity contribution >= 4 is 10.9 Å². The number of aryl methyl sites for hydroxylation is 1. The molecule has 0 bridgehead atoms. The zero-order chi connectivity index (χ0) is 15.3. The Bertz CT molecular complexity index is 621. The molecule has 3 nitrogen and oxygen atoms in total. The molecule has 2 rings (SSSR count). The molecule has 110 valence electrons. The fourth-order valence-electron chi connectivity index (χ4n) is 2.01. The molecule has 20 heavy (non-hydrogen) atoms. The molecule has 0 aliphatic rings. The summed E-state index contributed by atoms with van der Waals surface area (Å²) in [5.41, 5.74) is 1.68. The third kappa shape index (κ3) is 4.19. The molecule has 2 aromatic rings. The molecule has 0 fully saturated rings. The highest BCUT2D eigenvalue weighted by atomic mass is 16.1. The summed E-state index contributed by atoms with van der Waals surface area (Å²) in [5, 5.41) is 1.05. The lowest BCUT2D eigenvalue weighted by molar-refractivity contribution is 0.341. The van der Waals surface area contributed by atoms with E-state index in [1.54, 1.807) is 4.57 Å². The summed E-state index contributed by atoms with van der Waals surface area (Å²) >= 11 is 0. The monoisotopic (exact) mass is 274 g/mol. The van der Waals surface area contributed by atoms with Gasteiger partial charge in [-0.3, -0.25) is 4.57 Å². The van der Waals surface area contributed by atoms with Crippen molar-refractivity contribution in [2.24, 2.45) is 5.41 Å². The summed E-state index contributed by atoms with van der Waals surface area (Å²) < 4.78 is 1.77. The van der Waals surface area contributed by atoms with Crippen molar-refractivity contribution in [1.82, 2.24) is 9.55 Å². The molecule has 0 saturated heterocycles. The van der Waals surface area contributed by atoms with Crippen LogP contribution in [0, 0.1) is 12.3 Å². The smallest absolute Gasteiger partial charge is 0.291 e. The topological polar surface area (TPSA) is 34.9 Å². The van der Waals surface area contributed by atoms with Crippen molar-refractivity contribution in [3.8, 4) is 0 Å². The van der Waals surface area contributed by atoms with E-state index in [1.165, 1.54) is 6.42 Å². The lowest BCUT2D eigenvalue weighted by atomic mass is 9.96. The second kappa shape index (κ2) is 6.69. The van der Waals surface area contributed by atoms with Crippen LogP contribution in [0.3, 0.4) is 0 Å². The van der Waals surface area contributed by atoms with E-state index >= 15 is 0 Å². The number of hydrogen-bond donors (Lipinski definition) is 0. The Balaban J connectivity index is 0.000000612. The van der Waals surface area contributed by atoms with Crippen LogP contribution in [-0.4, -0.2) is 9.55 Å². The third-order valence-electron chi connectivity index (χ3n) is 2.71. The minimum absolute atomic E-state index is 0.0591. The number of para-hydroxylation sites is 1. The summed E-state index contributed by atoms with van der Waals surface area (Å²) in [7, 11) is 0. The SMILES string of the molecule is CCC.Cc1nc(=O)n(CC(C)(C)C)c2ccccc12. The summed E-state index contributed by atoms with van der Waals surface area (Å²) in [4.78, 5) is 16.1. The number of fused-ring (bicyclic) bond motifs is 1. The quantitative estimate of drug-likeness (QED) is 0.782. The average molecular weight is 274 g/mol. The highest BCUT2D eigenvalue weighted by Crippen LogP contribution is 2.20. The largest absolute Gasteiger partial charge is 0.348 e. The van der Waals surface area contributed by atoms with Gasteiger partial charge in [0.2, 0.25) is 0 Å². The van der Waals surface area contributed by atoms with Crippen molar-refractivity contribution in [1.29, 1.82) is 0 Å². The summed E-state index contributed by atoms with van der Waals surface area (Å²) in [6.45, 7) is 13.2. The van der Waals surface area contributed by atoms with E-state index in [1.807, 2.05) is 31.2 Å². The van der Waals surface area contributed by atoms with Crippen LogP contribution in [0.1, 0.15) is 46.7 Å². The van der Waals surface area contributed by atoms with Crippen molar-refractivity contribution in [3.05, 3.63) is 40.4 Å². The van der Waals surface area contributed by atoms with Crippen LogP contribution in [0.5, 0.6) is 0 Å². The number of aromatic nitrogens is 2. The van der Waals surface area contributed by atoms with Crippen LogP contribution < -0.4 is 5.69 Å². The van der Waals surface area contributed by atoms with Gasteiger partial charge in [-0.1, -0.05) is 59.2 Å². The molecule has 1 heterocycles. The fraction of sp³-hybridized carbons (Fsp3) is 0.529. The van der Waals surface area contributed by atoms with Crippen LogP contribution in [0.2, 0.25) is 0 Å². The van der Waals surface area contributed by atoms with E-state index in [0.717, 1.165) is 16.6 Å². The molecule has 0 saturated carbocycles. The molecule has 0 spiro atoms. The van der Waals surface area contributed by atoms with Crippen molar-refractivity contribution in [2.45, 2.75) is 54.5 Å². The molecule has 1 aromatic heterocycles. The van der Waals surface area contributed by atoms with Crippen LogP contribution in [-0.2, 0) is 6.54 Å². The third-order valence-corrected chi connectivity index (χ3v) is 2.71. The van der Waals surface area contributed by atoms with E-state index in [0.29, 0.717) is 6.54 Å². The molecule has 0 unspecified atom stereocenters. The van der Waals surface area contributed by atoms with Gasteiger partial charge < -0.3 is 0 Å². The fourth-order valence-corrected chi connectivity index (χ4v) is 2.01. The van der Waals surface area contributed by atoms with Crippen molar-refractivity contribution < 1.29 is 0 Å². The Kier molecular flexibility index (Phi) is 5.49. The number of benzene rings is 1. The van der Waals surface area contributed by atoms with E-state index in [4.69, 9.17) is 0 Å². The van der Waals surface area contributed by atoms with Gasteiger partial charge in [0.1, 0.15) is 0 Å². The predicted octanol–water partition coefficient (Wildman–Crippen LogP) is 4.17. The van der Waals surface area contributed by atoms with E-state index < -0.39 is 0 Å². The summed E-state index contributed by atoms with van der Waals surface area (Å²) in [6.07, 6.45) is 1.25. The molecule has 0 N–H and O–H groups in total. The normalized spacial score (nSPS) is 11.1. The van der Waals surface area contributed by atoms with Crippen molar-refractivity contribution in [2.75, 3.05) is 0 Å². The lowest BCUT2D eigenvalue weighted by Gasteiger charge is -2.21. The molecule has 1 aromatic carbocycles. The molecular formula is C17H26N2O. The zero-order valence-electron chi connectivity index (χ0n) is 13.5. The second-order valence-corrected chi connectivity index (χ2v) is 6.35. The Hall–Kier alpha value is -1.64.